The summed E-state index contributed by atoms with van der Waals surface area (Å²) in [5, 5.41) is 0. The van der Waals surface area contributed by atoms with E-state index in [1.807, 2.05) is 13.0 Å². The number of carbonyl (C=O) groups excluding carboxylic acids is 3. The third-order valence-electron chi connectivity index (χ3n) is 4.40. The second-order valence-electron chi connectivity index (χ2n) is 6.38. The van der Waals surface area contributed by atoms with Crippen LogP contribution in [-0.4, -0.2) is 41.8 Å². The maximum atomic E-state index is 12.4. The molecule has 0 aliphatic heterocycles. The first-order valence-corrected chi connectivity index (χ1v) is 12.2. The maximum absolute atomic E-state index is 12.4. The molecule has 6 heteroatoms. The van der Waals surface area contributed by atoms with Gasteiger partial charge in [0.2, 0.25) is 0 Å². The summed E-state index contributed by atoms with van der Waals surface area (Å²) >= 11 is -2.13. The first-order chi connectivity index (χ1) is 13.6. The van der Waals surface area contributed by atoms with Crippen molar-refractivity contribution < 1.29 is 20.0 Å². The van der Waals surface area contributed by atoms with Crippen LogP contribution < -0.4 is 0 Å². The molecule has 0 aliphatic carbocycles. The predicted octanol–water partition coefficient (Wildman–Crippen LogP) is 4.37. The molecule has 1 atom stereocenters. The molecule has 0 aliphatic rings. The summed E-state index contributed by atoms with van der Waals surface area (Å²) in [5.41, 5.74) is 1.42. The van der Waals surface area contributed by atoms with Crippen molar-refractivity contribution in [3.63, 3.8) is 0 Å². The Labute approximate surface area is 178 Å². The van der Waals surface area contributed by atoms with Crippen LogP contribution in [-0.2, 0) is 10.4 Å². The van der Waals surface area contributed by atoms with Gasteiger partial charge in [-0.3, -0.25) is 0 Å². The van der Waals surface area contributed by atoms with Crippen LogP contribution in [0.4, 0.5) is 0 Å². The van der Waals surface area contributed by atoms with E-state index in [2.05, 4.69) is 6.92 Å². The SMILES string of the molecule is CCCCC(CC)C(=O)[O][Bi][O]C(=O)c1ccc(C(=O)c2ccccc2)cc1. The van der Waals surface area contributed by atoms with E-state index in [9.17, 15) is 14.4 Å². The molecule has 2 rings (SSSR count). The molecule has 5 nitrogen and oxygen atoms in total. The van der Waals surface area contributed by atoms with Crippen LogP contribution in [0.15, 0.2) is 54.6 Å². The zero-order valence-corrected chi connectivity index (χ0v) is 19.6. The Hall–Kier alpha value is -2.07. The van der Waals surface area contributed by atoms with E-state index in [-0.39, 0.29) is 17.7 Å². The van der Waals surface area contributed by atoms with Crippen LogP contribution in [0.2, 0.25) is 0 Å². The van der Waals surface area contributed by atoms with E-state index >= 15 is 0 Å². The molecule has 0 aromatic heterocycles. The van der Waals surface area contributed by atoms with E-state index in [1.165, 1.54) is 0 Å². The van der Waals surface area contributed by atoms with Gasteiger partial charge in [-0.2, -0.15) is 0 Å². The molecule has 0 bridgehead atoms. The summed E-state index contributed by atoms with van der Waals surface area (Å²) in [6, 6.07) is 15.3. The molecular weight excluding hydrogens is 553 g/mol. The van der Waals surface area contributed by atoms with Crippen LogP contribution in [0.1, 0.15) is 65.8 Å². The molecule has 0 saturated heterocycles. The molecule has 147 valence electrons. The van der Waals surface area contributed by atoms with Crippen LogP contribution in [0.5, 0.6) is 0 Å². The van der Waals surface area contributed by atoms with Crippen molar-refractivity contribution >= 4 is 41.8 Å². The molecule has 2 aromatic carbocycles. The number of carbonyl (C=O) groups is 3. The van der Waals surface area contributed by atoms with Crippen molar-refractivity contribution in [1.29, 1.82) is 0 Å². The Bertz CT molecular complexity index is 786. The van der Waals surface area contributed by atoms with Gasteiger partial charge >= 0.3 is 179 Å². The van der Waals surface area contributed by atoms with Crippen LogP contribution in [0.3, 0.4) is 0 Å². The minimum absolute atomic E-state index is 0.107. The summed E-state index contributed by atoms with van der Waals surface area (Å²) in [7, 11) is 0. The number of unbranched alkanes of at least 4 members (excludes halogenated alkanes) is 1. The molecule has 0 fully saturated rings. The number of hydrogen-bond acceptors (Lipinski definition) is 5. The third kappa shape index (κ3) is 6.52. The molecule has 0 spiro atoms. The van der Waals surface area contributed by atoms with E-state index in [4.69, 9.17) is 5.63 Å². The second kappa shape index (κ2) is 11.7. The number of rotatable bonds is 10. The second-order valence-corrected chi connectivity index (χ2v) is 8.38. The van der Waals surface area contributed by atoms with Gasteiger partial charge in [0.1, 0.15) is 0 Å². The van der Waals surface area contributed by atoms with E-state index in [0.717, 1.165) is 25.7 Å². The number of benzene rings is 2. The normalized spacial score (nSPS) is 11.5. The molecule has 1 radical (unpaired) electrons. The van der Waals surface area contributed by atoms with Gasteiger partial charge in [0.05, 0.1) is 0 Å². The molecular formula is C22H24BiO5. The van der Waals surface area contributed by atoms with Gasteiger partial charge in [0.25, 0.3) is 0 Å². The van der Waals surface area contributed by atoms with Crippen LogP contribution >= 0.6 is 0 Å². The molecule has 2 aromatic rings. The Kier molecular flexibility index (Phi) is 9.29. The average molecular weight is 577 g/mol. The zero-order chi connectivity index (χ0) is 20.4. The standard InChI is InChI=1S/C14H10O3.C8H16O2.Bi/c15-13(10-4-2-1-3-5-10)11-6-8-12(9-7-11)14(16)17;1-3-5-6-7(4-2)8(9)10;/h1-9H,(H,16,17);7H,3-6H2,1-2H3,(H,9,10);/q;;+2/p-2. The van der Waals surface area contributed by atoms with Crippen molar-refractivity contribution in [2.45, 2.75) is 39.5 Å². The topological polar surface area (TPSA) is 69.7 Å². The predicted molar refractivity (Wildman–Crippen MR) is 107 cm³/mol. The van der Waals surface area contributed by atoms with Gasteiger partial charge < -0.3 is 0 Å². The van der Waals surface area contributed by atoms with Gasteiger partial charge in [0, 0.05) is 0 Å². The first-order valence-electron chi connectivity index (χ1n) is 9.39. The summed E-state index contributed by atoms with van der Waals surface area (Å²) in [4.78, 5) is 36.6. The van der Waals surface area contributed by atoms with Crippen molar-refractivity contribution in [3.05, 3.63) is 71.3 Å². The van der Waals surface area contributed by atoms with Gasteiger partial charge in [-0.25, -0.2) is 0 Å². The quantitative estimate of drug-likeness (QED) is 0.310. The molecule has 0 N–H and O–H groups in total. The van der Waals surface area contributed by atoms with Crippen LogP contribution in [0.25, 0.3) is 0 Å². The summed E-state index contributed by atoms with van der Waals surface area (Å²) in [5.74, 6) is -1.01. The Morgan fingerprint density at radius 2 is 1.46 bits per heavy atom. The number of hydrogen-bond donors (Lipinski definition) is 0. The molecule has 0 amide bonds. The van der Waals surface area contributed by atoms with Crippen molar-refractivity contribution in [2.75, 3.05) is 0 Å². The summed E-state index contributed by atoms with van der Waals surface area (Å²) < 4.78 is 10.4. The summed E-state index contributed by atoms with van der Waals surface area (Å²) in [6.07, 6.45) is 3.54. The molecule has 0 saturated carbocycles. The monoisotopic (exact) mass is 577 g/mol. The Balaban J connectivity index is 1.86. The Morgan fingerprint density at radius 1 is 0.857 bits per heavy atom. The molecule has 28 heavy (non-hydrogen) atoms. The van der Waals surface area contributed by atoms with Crippen molar-refractivity contribution in [2.24, 2.45) is 5.92 Å². The molecule has 0 heterocycles. The average Bonchev–Trinajstić information content (AvgIpc) is 2.74. The van der Waals surface area contributed by atoms with Gasteiger partial charge in [-0.05, 0) is 0 Å². The summed E-state index contributed by atoms with van der Waals surface area (Å²) in [6.45, 7) is 4.04. The fraction of sp³-hybridized carbons (Fsp3) is 0.318. The van der Waals surface area contributed by atoms with Crippen molar-refractivity contribution in [3.8, 4) is 0 Å². The fourth-order valence-electron chi connectivity index (χ4n) is 2.67. The Morgan fingerprint density at radius 3 is 2.07 bits per heavy atom. The zero-order valence-electron chi connectivity index (χ0n) is 16.1. The van der Waals surface area contributed by atoms with E-state index in [1.54, 1.807) is 48.5 Å². The fourth-order valence-corrected chi connectivity index (χ4v) is 4.35. The van der Waals surface area contributed by atoms with E-state index in [0.29, 0.717) is 16.7 Å². The van der Waals surface area contributed by atoms with Gasteiger partial charge in [-0.15, -0.1) is 0 Å². The van der Waals surface area contributed by atoms with E-state index < -0.39 is 30.1 Å². The van der Waals surface area contributed by atoms with Gasteiger partial charge in [0.15, 0.2) is 0 Å². The molecule has 1 unspecified atom stereocenters. The first kappa shape index (κ1) is 22.2. The minimum atomic E-state index is -2.13. The van der Waals surface area contributed by atoms with Gasteiger partial charge in [-0.1, -0.05) is 0 Å². The van der Waals surface area contributed by atoms with Crippen molar-refractivity contribution in [1.82, 2.24) is 0 Å². The third-order valence-corrected chi connectivity index (χ3v) is 6.32. The number of ketones is 1. The van der Waals surface area contributed by atoms with Crippen LogP contribution in [0, 0.1) is 5.92 Å².